The number of nitrogens with zero attached hydrogens (tertiary/aromatic N) is 2. The van der Waals surface area contributed by atoms with E-state index in [4.69, 9.17) is 0 Å². The van der Waals surface area contributed by atoms with Crippen molar-refractivity contribution in [3.8, 4) is 0 Å². The molecule has 1 saturated carbocycles. The molecule has 3 atom stereocenters. The van der Waals surface area contributed by atoms with Crippen molar-refractivity contribution in [3.63, 3.8) is 0 Å². The first-order valence-corrected chi connectivity index (χ1v) is 8.30. The SMILES string of the molecule is CCCNCC1CCC(C)CC1Cc1cc(C)nn1C. The molecule has 0 saturated heterocycles. The number of nitrogens with one attached hydrogen (secondary N) is 1. The Kier molecular flexibility index (Phi) is 5.64. The minimum Gasteiger partial charge on any atom is -0.316 e. The monoisotopic (exact) mass is 277 g/mol. The second kappa shape index (κ2) is 7.26. The molecule has 3 heteroatoms. The van der Waals surface area contributed by atoms with Gasteiger partial charge in [0, 0.05) is 12.7 Å². The number of hydrogen-bond acceptors (Lipinski definition) is 2. The largest absolute Gasteiger partial charge is 0.316 e. The zero-order valence-electron chi connectivity index (χ0n) is 13.7. The molecule has 2 rings (SSSR count). The summed E-state index contributed by atoms with van der Waals surface area (Å²) in [7, 11) is 2.08. The van der Waals surface area contributed by atoms with Crippen molar-refractivity contribution < 1.29 is 0 Å². The zero-order chi connectivity index (χ0) is 14.5. The number of rotatable bonds is 6. The van der Waals surface area contributed by atoms with Gasteiger partial charge in [-0.15, -0.1) is 0 Å². The van der Waals surface area contributed by atoms with Crippen molar-refractivity contribution in [1.82, 2.24) is 15.1 Å². The van der Waals surface area contributed by atoms with E-state index in [0.717, 1.165) is 30.0 Å². The highest BCUT2D eigenvalue weighted by molar-refractivity contribution is 5.10. The Morgan fingerprint density at radius 2 is 2.15 bits per heavy atom. The molecule has 0 aliphatic heterocycles. The number of aryl methyl sites for hydroxylation is 2. The summed E-state index contributed by atoms with van der Waals surface area (Å²) in [6.45, 7) is 9.10. The van der Waals surface area contributed by atoms with E-state index >= 15 is 0 Å². The van der Waals surface area contributed by atoms with Gasteiger partial charge in [-0.3, -0.25) is 4.68 Å². The molecule has 1 aliphatic carbocycles. The molecular weight excluding hydrogens is 246 g/mol. The van der Waals surface area contributed by atoms with E-state index in [2.05, 4.69) is 49.0 Å². The van der Waals surface area contributed by atoms with E-state index in [1.807, 2.05) is 0 Å². The van der Waals surface area contributed by atoms with Gasteiger partial charge in [-0.2, -0.15) is 5.10 Å². The number of aromatic nitrogens is 2. The quantitative estimate of drug-likeness (QED) is 0.808. The average Bonchev–Trinajstić information content (AvgIpc) is 2.71. The lowest BCUT2D eigenvalue weighted by atomic mass is 9.72. The molecule has 0 amide bonds. The van der Waals surface area contributed by atoms with E-state index in [1.54, 1.807) is 0 Å². The molecule has 1 N–H and O–H groups in total. The van der Waals surface area contributed by atoms with Gasteiger partial charge in [0.2, 0.25) is 0 Å². The summed E-state index contributed by atoms with van der Waals surface area (Å²) in [5, 5.41) is 8.13. The van der Waals surface area contributed by atoms with Crippen molar-refractivity contribution in [2.75, 3.05) is 13.1 Å². The summed E-state index contributed by atoms with van der Waals surface area (Å²) in [5.41, 5.74) is 2.55. The minimum atomic E-state index is 0.818. The van der Waals surface area contributed by atoms with Crippen molar-refractivity contribution in [2.24, 2.45) is 24.8 Å². The first-order valence-electron chi connectivity index (χ1n) is 8.30. The fourth-order valence-electron chi connectivity index (χ4n) is 3.67. The van der Waals surface area contributed by atoms with Crippen LogP contribution in [0.4, 0.5) is 0 Å². The highest BCUT2D eigenvalue weighted by atomic mass is 15.3. The first kappa shape index (κ1) is 15.6. The van der Waals surface area contributed by atoms with Crippen LogP contribution in [0.15, 0.2) is 6.07 Å². The van der Waals surface area contributed by atoms with Gasteiger partial charge in [0.1, 0.15) is 0 Å². The van der Waals surface area contributed by atoms with Crippen LogP contribution >= 0.6 is 0 Å². The van der Waals surface area contributed by atoms with Crippen LogP contribution in [0.25, 0.3) is 0 Å². The molecule has 0 bridgehead atoms. The van der Waals surface area contributed by atoms with Crippen molar-refractivity contribution in [2.45, 2.75) is 52.9 Å². The standard InChI is InChI=1S/C17H31N3/c1-5-8-18-12-15-7-6-13(2)9-16(15)11-17-10-14(3)19-20(17)4/h10,13,15-16,18H,5-9,11-12H2,1-4H3. The van der Waals surface area contributed by atoms with Crippen LogP contribution < -0.4 is 5.32 Å². The van der Waals surface area contributed by atoms with Crippen LogP contribution in [0.5, 0.6) is 0 Å². The summed E-state index contributed by atoms with van der Waals surface area (Å²) in [6, 6.07) is 2.26. The van der Waals surface area contributed by atoms with E-state index in [1.165, 1.54) is 44.3 Å². The summed E-state index contributed by atoms with van der Waals surface area (Å²) in [4.78, 5) is 0. The van der Waals surface area contributed by atoms with Crippen molar-refractivity contribution >= 4 is 0 Å². The van der Waals surface area contributed by atoms with E-state index in [-0.39, 0.29) is 0 Å². The van der Waals surface area contributed by atoms with Crippen LogP contribution in [-0.4, -0.2) is 22.9 Å². The lowest BCUT2D eigenvalue weighted by molar-refractivity contribution is 0.181. The molecule has 1 aliphatic rings. The summed E-state index contributed by atoms with van der Waals surface area (Å²) >= 11 is 0. The molecule has 1 fully saturated rings. The Morgan fingerprint density at radius 1 is 1.35 bits per heavy atom. The summed E-state index contributed by atoms with van der Waals surface area (Å²) in [5.74, 6) is 2.54. The Morgan fingerprint density at radius 3 is 2.80 bits per heavy atom. The van der Waals surface area contributed by atoms with Gasteiger partial charge in [0.05, 0.1) is 5.69 Å². The van der Waals surface area contributed by atoms with Gasteiger partial charge in [0.25, 0.3) is 0 Å². The highest BCUT2D eigenvalue weighted by Gasteiger charge is 2.29. The third kappa shape index (κ3) is 4.08. The van der Waals surface area contributed by atoms with E-state index in [0.29, 0.717) is 0 Å². The van der Waals surface area contributed by atoms with E-state index in [9.17, 15) is 0 Å². The van der Waals surface area contributed by atoms with Crippen LogP contribution in [0.1, 0.15) is 50.9 Å². The maximum atomic E-state index is 4.50. The predicted octanol–water partition coefficient (Wildman–Crippen LogP) is 3.32. The smallest absolute Gasteiger partial charge is 0.0596 e. The fraction of sp³-hybridized carbons (Fsp3) is 0.824. The minimum absolute atomic E-state index is 0.818. The molecule has 0 radical (unpaired) electrons. The fourth-order valence-corrected chi connectivity index (χ4v) is 3.67. The molecule has 3 unspecified atom stereocenters. The Labute approximate surface area is 124 Å². The maximum Gasteiger partial charge on any atom is 0.0596 e. The molecule has 3 nitrogen and oxygen atoms in total. The molecular formula is C17H31N3. The second-order valence-electron chi connectivity index (χ2n) is 6.75. The normalized spacial score (nSPS) is 26.9. The van der Waals surface area contributed by atoms with Crippen LogP contribution in [0.3, 0.4) is 0 Å². The van der Waals surface area contributed by atoms with Gasteiger partial charge in [0.15, 0.2) is 0 Å². The van der Waals surface area contributed by atoms with E-state index < -0.39 is 0 Å². The average molecular weight is 277 g/mol. The van der Waals surface area contributed by atoms with Crippen molar-refractivity contribution in [3.05, 3.63) is 17.5 Å². The molecule has 0 spiro atoms. The van der Waals surface area contributed by atoms with Crippen molar-refractivity contribution in [1.29, 1.82) is 0 Å². The van der Waals surface area contributed by atoms with Crippen LogP contribution in [0, 0.1) is 24.7 Å². The maximum absolute atomic E-state index is 4.50. The third-order valence-corrected chi connectivity index (χ3v) is 4.81. The Hall–Kier alpha value is -0.830. The lowest BCUT2D eigenvalue weighted by Gasteiger charge is -2.35. The molecule has 114 valence electrons. The molecule has 1 aromatic rings. The van der Waals surface area contributed by atoms with Gasteiger partial charge < -0.3 is 5.32 Å². The highest BCUT2D eigenvalue weighted by Crippen LogP contribution is 2.35. The topological polar surface area (TPSA) is 29.9 Å². The Balaban J connectivity index is 1.98. The lowest BCUT2D eigenvalue weighted by Crippen LogP contribution is -2.34. The summed E-state index contributed by atoms with van der Waals surface area (Å²) in [6.07, 6.45) is 6.59. The molecule has 1 heterocycles. The van der Waals surface area contributed by atoms with Gasteiger partial charge in [-0.05, 0) is 69.5 Å². The van der Waals surface area contributed by atoms with Crippen LogP contribution in [-0.2, 0) is 13.5 Å². The van der Waals surface area contributed by atoms with Gasteiger partial charge in [-0.25, -0.2) is 0 Å². The zero-order valence-corrected chi connectivity index (χ0v) is 13.7. The van der Waals surface area contributed by atoms with Gasteiger partial charge in [-0.1, -0.05) is 20.3 Å². The predicted molar refractivity (Wildman–Crippen MR) is 84.8 cm³/mol. The molecule has 1 aromatic heterocycles. The van der Waals surface area contributed by atoms with Crippen LogP contribution in [0.2, 0.25) is 0 Å². The molecule has 0 aromatic carbocycles. The Bertz CT molecular complexity index is 410. The third-order valence-electron chi connectivity index (χ3n) is 4.81. The second-order valence-corrected chi connectivity index (χ2v) is 6.75. The summed E-state index contributed by atoms with van der Waals surface area (Å²) < 4.78 is 2.07. The first-order chi connectivity index (χ1) is 9.60. The number of hydrogen-bond donors (Lipinski definition) is 1. The molecule has 20 heavy (non-hydrogen) atoms. The van der Waals surface area contributed by atoms with Gasteiger partial charge >= 0.3 is 0 Å².